The highest BCUT2D eigenvalue weighted by Gasteiger charge is 2.27. The van der Waals surface area contributed by atoms with Crippen LogP contribution < -0.4 is 11.1 Å². The number of rotatable bonds is 4. The number of nitrogens with two attached hydrogens (primary N) is 1. The first-order valence-electron chi connectivity index (χ1n) is 7.45. The number of carbonyl (C=O) groups excluding carboxylic acids is 2. The lowest BCUT2D eigenvalue weighted by atomic mass is 9.97. The molecule has 1 aliphatic rings. The number of carbonyl (C=O) groups is 2. The van der Waals surface area contributed by atoms with Crippen molar-refractivity contribution in [3.05, 3.63) is 30.2 Å². The first kappa shape index (κ1) is 15.1. The summed E-state index contributed by atoms with van der Waals surface area (Å²) >= 11 is 0. The van der Waals surface area contributed by atoms with Crippen molar-refractivity contribution in [2.75, 3.05) is 13.1 Å². The third-order valence-electron chi connectivity index (χ3n) is 3.87. The predicted octanol–water partition coefficient (Wildman–Crippen LogP) is 1.34. The number of piperidine rings is 1. The molecule has 0 unspecified atom stereocenters. The molecule has 2 aromatic heterocycles. The van der Waals surface area contributed by atoms with Gasteiger partial charge in [-0.2, -0.15) is 0 Å². The molecule has 0 aliphatic carbocycles. The molecule has 0 bridgehead atoms. The number of hydrogen-bond acceptors (Lipinski definition) is 5. The number of urea groups is 1. The Morgan fingerprint density at radius 3 is 3.04 bits per heavy atom. The minimum atomic E-state index is -0.484. The summed E-state index contributed by atoms with van der Waals surface area (Å²) in [6, 6.07) is 4.76. The van der Waals surface area contributed by atoms with E-state index in [1.165, 1.54) is 4.90 Å². The van der Waals surface area contributed by atoms with Gasteiger partial charge in [-0.05, 0) is 25.0 Å². The summed E-state index contributed by atoms with van der Waals surface area (Å²) in [5, 5.41) is 6.71. The first-order chi connectivity index (χ1) is 11.1. The number of amides is 3. The van der Waals surface area contributed by atoms with E-state index in [0.717, 1.165) is 12.8 Å². The molecule has 3 N–H and O–H groups in total. The number of nitrogens with zero attached hydrogens (tertiary/aromatic N) is 2. The summed E-state index contributed by atoms with van der Waals surface area (Å²) < 4.78 is 10.4. The van der Waals surface area contributed by atoms with E-state index in [4.69, 9.17) is 14.7 Å². The van der Waals surface area contributed by atoms with E-state index in [-0.39, 0.29) is 18.4 Å². The molecule has 2 aromatic rings. The maximum atomic E-state index is 12.2. The molecule has 0 radical (unpaired) electrons. The lowest BCUT2D eigenvalue weighted by molar-refractivity contribution is -0.126. The average molecular weight is 318 g/mol. The Balaban J connectivity index is 1.54. The third-order valence-corrected chi connectivity index (χ3v) is 3.87. The van der Waals surface area contributed by atoms with Crippen LogP contribution in [-0.2, 0) is 11.3 Å². The van der Waals surface area contributed by atoms with Crippen LogP contribution in [0.5, 0.6) is 0 Å². The SMILES string of the molecule is NC(=O)N1CCC[C@@H](C(=O)NCc2cc(-c3ccco3)on2)C1. The lowest BCUT2D eigenvalue weighted by Crippen LogP contribution is -2.47. The summed E-state index contributed by atoms with van der Waals surface area (Å²) in [5.41, 5.74) is 5.87. The van der Waals surface area contributed by atoms with Gasteiger partial charge in [0.1, 0.15) is 5.69 Å². The van der Waals surface area contributed by atoms with Crippen LogP contribution in [0.25, 0.3) is 11.5 Å². The van der Waals surface area contributed by atoms with Crippen LogP contribution in [0.3, 0.4) is 0 Å². The van der Waals surface area contributed by atoms with Gasteiger partial charge in [0.25, 0.3) is 0 Å². The van der Waals surface area contributed by atoms with Gasteiger partial charge in [0.05, 0.1) is 18.7 Å². The number of likely N-dealkylation sites (tertiary alicyclic amines) is 1. The average Bonchev–Trinajstić information content (AvgIpc) is 3.23. The minimum Gasteiger partial charge on any atom is -0.461 e. The van der Waals surface area contributed by atoms with E-state index in [0.29, 0.717) is 30.3 Å². The smallest absolute Gasteiger partial charge is 0.314 e. The van der Waals surface area contributed by atoms with Crippen molar-refractivity contribution in [1.82, 2.24) is 15.4 Å². The van der Waals surface area contributed by atoms with E-state index < -0.39 is 6.03 Å². The Morgan fingerprint density at radius 1 is 1.43 bits per heavy atom. The molecule has 23 heavy (non-hydrogen) atoms. The monoisotopic (exact) mass is 318 g/mol. The van der Waals surface area contributed by atoms with E-state index >= 15 is 0 Å². The molecular formula is C15H18N4O4. The number of nitrogens with one attached hydrogen (secondary N) is 1. The molecule has 8 nitrogen and oxygen atoms in total. The van der Waals surface area contributed by atoms with Crippen molar-refractivity contribution in [1.29, 1.82) is 0 Å². The molecule has 8 heteroatoms. The normalized spacial score (nSPS) is 17.9. The molecular weight excluding hydrogens is 300 g/mol. The minimum absolute atomic E-state index is 0.113. The van der Waals surface area contributed by atoms with Crippen molar-refractivity contribution in [2.24, 2.45) is 11.7 Å². The molecule has 1 saturated heterocycles. The van der Waals surface area contributed by atoms with Gasteiger partial charge < -0.3 is 24.9 Å². The summed E-state index contributed by atoms with van der Waals surface area (Å²) in [6.07, 6.45) is 3.06. The highest BCUT2D eigenvalue weighted by Crippen LogP contribution is 2.21. The summed E-state index contributed by atoms with van der Waals surface area (Å²) in [6.45, 7) is 1.22. The van der Waals surface area contributed by atoms with Gasteiger partial charge in [-0.15, -0.1) is 0 Å². The van der Waals surface area contributed by atoms with Crippen molar-refractivity contribution >= 4 is 11.9 Å². The van der Waals surface area contributed by atoms with Crippen LogP contribution in [0.2, 0.25) is 0 Å². The Morgan fingerprint density at radius 2 is 2.30 bits per heavy atom. The second-order valence-electron chi connectivity index (χ2n) is 5.50. The Labute approximate surface area is 132 Å². The van der Waals surface area contributed by atoms with Crippen LogP contribution in [0.15, 0.2) is 33.4 Å². The summed E-state index contributed by atoms with van der Waals surface area (Å²) in [4.78, 5) is 24.9. The topological polar surface area (TPSA) is 115 Å². The number of primary amides is 1. The van der Waals surface area contributed by atoms with Gasteiger partial charge >= 0.3 is 6.03 Å². The maximum absolute atomic E-state index is 12.2. The fourth-order valence-electron chi connectivity index (χ4n) is 2.64. The second-order valence-corrected chi connectivity index (χ2v) is 5.50. The van der Waals surface area contributed by atoms with Crippen molar-refractivity contribution < 1.29 is 18.5 Å². The fourth-order valence-corrected chi connectivity index (χ4v) is 2.64. The van der Waals surface area contributed by atoms with E-state index in [1.54, 1.807) is 24.5 Å². The highest BCUT2D eigenvalue weighted by atomic mass is 16.5. The van der Waals surface area contributed by atoms with Gasteiger partial charge in [0.2, 0.25) is 11.7 Å². The van der Waals surface area contributed by atoms with Crippen molar-refractivity contribution in [3.63, 3.8) is 0 Å². The van der Waals surface area contributed by atoms with Crippen LogP contribution in [0, 0.1) is 5.92 Å². The molecule has 3 rings (SSSR count). The maximum Gasteiger partial charge on any atom is 0.314 e. The van der Waals surface area contributed by atoms with Crippen LogP contribution in [0.4, 0.5) is 4.79 Å². The molecule has 3 amide bonds. The van der Waals surface area contributed by atoms with Gasteiger partial charge in [-0.25, -0.2) is 4.79 Å². The zero-order chi connectivity index (χ0) is 16.2. The number of furan rings is 1. The highest BCUT2D eigenvalue weighted by molar-refractivity contribution is 5.80. The van der Waals surface area contributed by atoms with Crippen LogP contribution >= 0.6 is 0 Å². The fraction of sp³-hybridized carbons (Fsp3) is 0.400. The molecule has 0 aromatic carbocycles. The van der Waals surface area contributed by atoms with Crippen molar-refractivity contribution in [3.8, 4) is 11.5 Å². The lowest BCUT2D eigenvalue weighted by Gasteiger charge is -2.30. The molecule has 1 aliphatic heterocycles. The van der Waals surface area contributed by atoms with Gasteiger partial charge in [0.15, 0.2) is 5.76 Å². The van der Waals surface area contributed by atoms with E-state index in [9.17, 15) is 9.59 Å². The zero-order valence-electron chi connectivity index (χ0n) is 12.5. The predicted molar refractivity (Wildman–Crippen MR) is 79.9 cm³/mol. The number of hydrogen-bond donors (Lipinski definition) is 2. The van der Waals surface area contributed by atoms with Crippen LogP contribution in [-0.4, -0.2) is 35.1 Å². The molecule has 1 fully saturated rings. The van der Waals surface area contributed by atoms with E-state index in [2.05, 4.69) is 10.5 Å². The number of aromatic nitrogens is 1. The second kappa shape index (κ2) is 6.55. The van der Waals surface area contributed by atoms with E-state index in [1.807, 2.05) is 0 Å². The Bertz CT molecular complexity index is 679. The third kappa shape index (κ3) is 3.53. The molecule has 1 atom stereocenters. The summed E-state index contributed by atoms with van der Waals surface area (Å²) in [5.74, 6) is 0.738. The Kier molecular flexibility index (Phi) is 4.31. The molecule has 0 spiro atoms. The zero-order valence-corrected chi connectivity index (χ0v) is 12.5. The molecule has 0 saturated carbocycles. The van der Waals surface area contributed by atoms with Gasteiger partial charge in [-0.3, -0.25) is 4.79 Å². The largest absolute Gasteiger partial charge is 0.461 e. The van der Waals surface area contributed by atoms with Crippen molar-refractivity contribution in [2.45, 2.75) is 19.4 Å². The summed E-state index contributed by atoms with van der Waals surface area (Å²) in [7, 11) is 0. The van der Waals surface area contributed by atoms with Gasteiger partial charge in [-0.1, -0.05) is 5.16 Å². The Hall–Kier alpha value is -2.77. The molecule has 122 valence electrons. The standard InChI is InChI=1S/C15H18N4O4/c16-15(21)19-5-1-3-10(9-19)14(20)17-8-11-7-13(23-18-11)12-4-2-6-22-12/h2,4,6-7,10H,1,3,5,8-9H2,(H2,16,21)(H,17,20)/t10-/m1/s1. The van der Waals surface area contributed by atoms with Gasteiger partial charge in [0, 0.05) is 19.2 Å². The molecule has 3 heterocycles. The van der Waals surface area contributed by atoms with Crippen LogP contribution in [0.1, 0.15) is 18.5 Å². The first-order valence-corrected chi connectivity index (χ1v) is 7.45. The quantitative estimate of drug-likeness (QED) is 0.883.